The maximum Gasteiger partial charge on any atom is 0.157 e. The molecular formula is C13H19NO3. The maximum atomic E-state index is 9.54. The number of fused-ring (bicyclic) bond motifs is 1. The van der Waals surface area contributed by atoms with Crippen LogP contribution in [0.5, 0.6) is 11.5 Å². The van der Waals surface area contributed by atoms with Crippen LogP contribution in [0.2, 0.25) is 0 Å². The molecule has 1 aliphatic heterocycles. The summed E-state index contributed by atoms with van der Waals surface area (Å²) in [6.07, 6.45) is 0.731. The van der Waals surface area contributed by atoms with Crippen LogP contribution in [-0.2, 0) is 11.2 Å². The lowest BCUT2D eigenvalue weighted by Crippen LogP contribution is -2.31. The molecule has 4 heteroatoms. The molecule has 3 N–H and O–H groups in total. The van der Waals surface area contributed by atoms with Crippen LogP contribution in [0.3, 0.4) is 0 Å². The zero-order chi connectivity index (χ0) is 12.4. The molecule has 4 nitrogen and oxygen atoms in total. The summed E-state index contributed by atoms with van der Waals surface area (Å²) < 4.78 is 5.69. The Balaban J connectivity index is 2.21. The first-order valence-corrected chi connectivity index (χ1v) is 5.97. The van der Waals surface area contributed by atoms with Gasteiger partial charge < -0.3 is 20.3 Å². The van der Waals surface area contributed by atoms with Crippen molar-refractivity contribution in [2.24, 2.45) is 0 Å². The van der Waals surface area contributed by atoms with Gasteiger partial charge in [-0.15, -0.1) is 0 Å². The normalized spacial score (nSPS) is 19.4. The van der Waals surface area contributed by atoms with Gasteiger partial charge in [-0.3, -0.25) is 0 Å². The van der Waals surface area contributed by atoms with Crippen molar-refractivity contribution in [1.82, 2.24) is 5.32 Å². The number of hydrogen-bond acceptors (Lipinski definition) is 4. The van der Waals surface area contributed by atoms with Crippen LogP contribution >= 0.6 is 0 Å². The van der Waals surface area contributed by atoms with E-state index in [4.69, 9.17) is 4.74 Å². The second kappa shape index (κ2) is 4.94. The standard InChI is InChI=1S/C13H19NO3/c1-8(2)14-7-13-10-6-12(16)11(15)5-9(10)3-4-17-13/h5-6,8,13-16H,3-4,7H2,1-2H3/t13-/m0/s1. The fraction of sp³-hybridized carbons (Fsp3) is 0.538. The number of phenols is 2. The van der Waals surface area contributed by atoms with E-state index in [1.807, 2.05) is 0 Å². The molecule has 0 aliphatic carbocycles. The molecule has 1 heterocycles. The molecule has 17 heavy (non-hydrogen) atoms. The van der Waals surface area contributed by atoms with Gasteiger partial charge in [0.15, 0.2) is 11.5 Å². The summed E-state index contributed by atoms with van der Waals surface area (Å²) in [5.74, 6) is -0.134. The van der Waals surface area contributed by atoms with Gasteiger partial charge in [-0.25, -0.2) is 0 Å². The second-order valence-corrected chi connectivity index (χ2v) is 4.71. The number of aromatic hydroxyl groups is 2. The maximum absolute atomic E-state index is 9.54. The minimum atomic E-state index is -0.0798. The lowest BCUT2D eigenvalue weighted by Gasteiger charge is -2.27. The highest BCUT2D eigenvalue weighted by Crippen LogP contribution is 2.35. The Morgan fingerprint density at radius 3 is 2.76 bits per heavy atom. The van der Waals surface area contributed by atoms with Crippen LogP contribution in [0.4, 0.5) is 0 Å². The van der Waals surface area contributed by atoms with Gasteiger partial charge in [0.1, 0.15) is 0 Å². The summed E-state index contributed by atoms with van der Waals surface area (Å²) >= 11 is 0. The number of benzene rings is 1. The van der Waals surface area contributed by atoms with Crippen molar-refractivity contribution in [1.29, 1.82) is 0 Å². The summed E-state index contributed by atoms with van der Waals surface area (Å²) in [7, 11) is 0. The van der Waals surface area contributed by atoms with Crippen molar-refractivity contribution in [3.63, 3.8) is 0 Å². The molecule has 0 radical (unpaired) electrons. The van der Waals surface area contributed by atoms with Crippen LogP contribution in [0.15, 0.2) is 12.1 Å². The van der Waals surface area contributed by atoms with E-state index in [1.165, 1.54) is 0 Å². The van der Waals surface area contributed by atoms with Crippen molar-refractivity contribution in [3.8, 4) is 11.5 Å². The topological polar surface area (TPSA) is 61.7 Å². The average molecular weight is 237 g/mol. The number of nitrogens with one attached hydrogen (secondary N) is 1. The molecule has 2 rings (SSSR count). The highest BCUT2D eigenvalue weighted by Gasteiger charge is 2.22. The van der Waals surface area contributed by atoms with Crippen LogP contribution in [0, 0.1) is 0 Å². The molecule has 1 aromatic carbocycles. The highest BCUT2D eigenvalue weighted by atomic mass is 16.5. The van der Waals surface area contributed by atoms with Gasteiger partial charge in [-0.1, -0.05) is 13.8 Å². The van der Waals surface area contributed by atoms with E-state index in [2.05, 4.69) is 19.2 Å². The number of ether oxygens (including phenoxy) is 1. The Hall–Kier alpha value is -1.26. The minimum absolute atomic E-state index is 0.0485. The first kappa shape index (κ1) is 12.2. The van der Waals surface area contributed by atoms with Gasteiger partial charge in [0.2, 0.25) is 0 Å². The quantitative estimate of drug-likeness (QED) is 0.700. The van der Waals surface area contributed by atoms with Gasteiger partial charge in [-0.05, 0) is 29.7 Å². The van der Waals surface area contributed by atoms with Gasteiger partial charge >= 0.3 is 0 Å². The Morgan fingerprint density at radius 1 is 1.35 bits per heavy atom. The molecule has 0 unspecified atom stereocenters. The van der Waals surface area contributed by atoms with E-state index < -0.39 is 0 Å². The smallest absolute Gasteiger partial charge is 0.157 e. The van der Waals surface area contributed by atoms with Gasteiger partial charge in [0, 0.05) is 12.6 Å². The number of rotatable bonds is 3. The van der Waals surface area contributed by atoms with Crippen molar-refractivity contribution >= 4 is 0 Å². The molecule has 0 amide bonds. The number of hydrogen-bond donors (Lipinski definition) is 3. The molecular weight excluding hydrogens is 218 g/mol. The fourth-order valence-electron chi connectivity index (χ4n) is 2.07. The minimum Gasteiger partial charge on any atom is -0.504 e. The van der Waals surface area contributed by atoms with Crippen LogP contribution in [0.25, 0.3) is 0 Å². The van der Waals surface area contributed by atoms with Gasteiger partial charge in [-0.2, -0.15) is 0 Å². The molecule has 0 saturated carbocycles. The molecule has 0 fully saturated rings. The lowest BCUT2D eigenvalue weighted by atomic mass is 9.96. The monoisotopic (exact) mass is 237 g/mol. The van der Waals surface area contributed by atoms with Crippen LogP contribution in [-0.4, -0.2) is 29.4 Å². The van der Waals surface area contributed by atoms with Gasteiger partial charge in [0.25, 0.3) is 0 Å². The summed E-state index contributed by atoms with van der Waals surface area (Å²) in [5.41, 5.74) is 2.03. The Morgan fingerprint density at radius 2 is 2.06 bits per heavy atom. The summed E-state index contributed by atoms with van der Waals surface area (Å²) in [6, 6.07) is 3.64. The van der Waals surface area contributed by atoms with Gasteiger partial charge in [0.05, 0.1) is 12.7 Å². The Bertz CT molecular complexity index is 404. The molecule has 1 atom stereocenters. The largest absolute Gasteiger partial charge is 0.504 e. The molecule has 0 aromatic heterocycles. The van der Waals surface area contributed by atoms with Crippen molar-refractivity contribution in [2.45, 2.75) is 32.4 Å². The van der Waals surface area contributed by atoms with Crippen molar-refractivity contribution in [2.75, 3.05) is 13.2 Å². The summed E-state index contributed by atoms with van der Waals surface area (Å²) in [5, 5.41) is 22.3. The van der Waals surface area contributed by atoms with Crippen molar-refractivity contribution in [3.05, 3.63) is 23.3 Å². The van der Waals surface area contributed by atoms with E-state index in [0.29, 0.717) is 12.6 Å². The molecule has 0 saturated heterocycles. The lowest BCUT2D eigenvalue weighted by molar-refractivity contribution is 0.0410. The SMILES string of the molecule is CC(C)NC[C@@H]1OCCc2cc(O)c(O)cc21. The Labute approximate surface area is 101 Å². The van der Waals surface area contributed by atoms with E-state index in [9.17, 15) is 10.2 Å². The van der Waals surface area contributed by atoms with E-state index in [0.717, 1.165) is 24.1 Å². The fourth-order valence-corrected chi connectivity index (χ4v) is 2.07. The molecule has 0 bridgehead atoms. The van der Waals surface area contributed by atoms with Crippen LogP contribution < -0.4 is 5.32 Å². The van der Waals surface area contributed by atoms with E-state index in [-0.39, 0.29) is 17.6 Å². The summed E-state index contributed by atoms with van der Waals surface area (Å²) in [4.78, 5) is 0. The third-order valence-corrected chi connectivity index (χ3v) is 2.99. The molecule has 0 spiro atoms. The predicted molar refractivity (Wildman–Crippen MR) is 65.3 cm³/mol. The second-order valence-electron chi connectivity index (χ2n) is 4.71. The zero-order valence-electron chi connectivity index (χ0n) is 10.2. The predicted octanol–water partition coefficient (Wildman–Crippen LogP) is 1.71. The molecule has 94 valence electrons. The van der Waals surface area contributed by atoms with E-state index in [1.54, 1.807) is 12.1 Å². The zero-order valence-corrected chi connectivity index (χ0v) is 10.2. The Kier molecular flexibility index (Phi) is 3.54. The van der Waals surface area contributed by atoms with Crippen LogP contribution in [0.1, 0.15) is 31.1 Å². The first-order chi connectivity index (χ1) is 8.08. The highest BCUT2D eigenvalue weighted by molar-refractivity contribution is 5.47. The molecule has 1 aromatic rings. The van der Waals surface area contributed by atoms with Crippen molar-refractivity contribution < 1.29 is 14.9 Å². The third kappa shape index (κ3) is 2.70. The van der Waals surface area contributed by atoms with E-state index >= 15 is 0 Å². The number of phenolic OH excluding ortho intramolecular Hbond substituents is 2. The average Bonchev–Trinajstić information content (AvgIpc) is 2.28. The third-order valence-electron chi connectivity index (χ3n) is 2.99. The summed E-state index contributed by atoms with van der Waals surface area (Å²) in [6.45, 7) is 5.53. The first-order valence-electron chi connectivity index (χ1n) is 5.97. The molecule has 1 aliphatic rings.